The van der Waals surface area contributed by atoms with E-state index in [-0.39, 0.29) is 5.17 Å². The number of ether oxygens (including phenoxy) is 2. The van der Waals surface area contributed by atoms with Crippen molar-refractivity contribution in [3.8, 4) is 5.75 Å². The standard InChI is InChI=1S/C21H24FNO2S/c1-3-15-7-10-20(14(2)11-15)24-12-18-17(16-8-9-16)5-4-6-19(18)23-21(26)25-13-22/h4-7,10-11,16H,3,8-9,12-13H2,1-2H3,(H,23,26). The molecule has 3 rings (SSSR count). The first-order valence-electron chi connectivity index (χ1n) is 8.96. The van der Waals surface area contributed by atoms with Crippen molar-refractivity contribution in [3.05, 3.63) is 58.7 Å². The van der Waals surface area contributed by atoms with Gasteiger partial charge >= 0.3 is 0 Å². The Kier molecular flexibility index (Phi) is 6.09. The average molecular weight is 373 g/mol. The van der Waals surface area contributed by atoms with E-state index in [1.807, 2.05) is 18.2 Å². The number of hydrogen-bond acceptors (Lipinski definition) is 3. The second-order valence-corrected chi connectivity index (χ2v) is 6.93. The molecule has 0 aliphatic heterocycles. The van der Waals surface area contributed by atoms with Gasteiger partial charge in [0.25, 0.3) is 5.17 Å². The summed E-state index contributed by atoms with van der Waals surface area (Å²) in [6.45, 7) is 3.69. The largest absolute Gasteiger partial charge is 0.489 e. The molecule has 0 saturated heterocycles. The minimum absolute atomic E-state index is 0.0326. The summed E-state index contributed by atoms with van der Waals surface area (Å²) >= 11 is 5.03. The third-order valence-electron chi connectivity index (χ3n) is 4.67. The predicted molar refractivity (Wildman–Crippen MR) is 107 cm³/mol. The van der Waals surface area contributed by atoms with Crippen LogP contribution < -0.4 is 10.1 Å². The van der Waals surface area contributed by atoms with Gasteiger partial charge in [0.15, 0.2) is 0 Å². The second-order valence-electron chi connectivity index (χ2n) is 6.56. The fourth-order valence-electron chi connectivity index (χ4n) is 3.10. The van der Waals surface area contributed by atoms with E-state index in [9.17, 15) is 4.39 Å². The number of aryl methyl sites for hydroxylation is 2. The van der Waals surface area contributed by atoms with Crippen LogP contribution in [0.1, 0.15) is 47.9 Å². The Morgan fingerprint density at radius 1 is 1.27 bits per heavy atom. The Labute approximate surface area is 159 Å². The van der Waals surface area contributed by atoms with Crippen LogP contribution in [0.4, 0.5) is 10.1 Å². The van der Waals surface area contributed by atoms with Gasteiger partial charge in [0, 0.05) is 11.3 Å². The molecule has 0 amide bonds. The molecular formula is C21H24FNO2S. The Morgan fingerprint density at radius 2 is 2.08 bits per heavy atom. The Bertz CT molecular complexity index is 790. The van der Waals surface area contributed by atoms with Gasteiger partial charge in [-0.3, -0.25) is 0 Å². The molecule has 5 heteroatoms. The summed E-state index contributed by atoms with van der Waals surface area (Å²) < 4.78 is 23.2. The monoisotopic (exact) mass is 373 g/mol. The first kappa shape index (κ1) is 18.6. The number of hydrogen-bond donors (Lipinski definition) is 1. The number of nitrogens with one attached hydrogen (secondary N) is 1. The number of alkyl halides is 1. The predicted octanol–water partition coefficient (Wildman–Crippen LogP) is 5.65. The van der Waals surface area contributed by atoms with Gasteiger partial charge in [0.05, 0.1) is 0 Å². The zero-order valence-corrected chi connectivity index (χ0v) is 16.0. The minimum Gasteiger partial charge on any atom is -0.489 e. The summed E-state index contributed by atoms with van der Waals surface area (Å²) in [5.41, 5.74) is 5.55. The highest BCUT2D eigenvalue weighted by Crippen LogP contribution is 2.43. The van der Waals surface area contributed by atoms with Gasteiger partial charge < -0.3 is 14.8 Å². The van der Waals surface area contributed by atoms with E-state index >= 15 is 0 Å². The van der Waals surface area contributed by atoms with E-state index < -0.39 is 6.86 Å². The van der Waals surface area contributed by atoms with Gasteiger partial charge in [-0.25, -0.2) is 4.39 Å². The molecule has 0 spiro atoms. The van der Waals surface area contributed by atoms with Gasteiger partial charge in [-0.15, -0.1) is 0 Å². The van der Waals surface area contributed by atoms with Crippen molar-refractivity contribution < 1.29 is 13.9 Å². The van der Waals surface area contributed by atoms with Crippen LogP contribution in [0.5, 0.6) is 5.75 Å². The smallest absolute Gasteiger partial charge is 0.263 e. The molecule has 0 heterocycles. The highest BCUT2D eigenvalue weighted by Gasteiger charge is 2.27. The fraction of sp³-hybridized carbons (Fsp3) is 0.381. The summed E-state index contributed by atoms with van der Waals surface area (Å²) in [5, 5.41) is 3.03. The van der Waals surface area contributed by atoms with Crippen LogP contribution in [-0.4, -0.2) is 12.0 Å². The van der Waals surface area contributed by atoms with Crippen LogP contribution in [-0.2, 0) is 17.8 Å². The summed E-state index contributed by atoms with van der Waals surface area (Å²) in [6.07, 6.45) is 3.38. The number of halogens is 1. The molecule has 2 aromatic rings. The normalized spacial score (nSPS) is 13.3. The zero-order chi connectivity index (χ0) is 18.5. The molecule has 0 atom stereocenters. The maximum Gasteiger partial charge on any atom is 0.263 e. The third-order valence-corrected chi connectivity index (χ3v) is 4.89. The highest BCUT2D eigenvalue weighted by atomic mass is 32.1. The van der Waals surface area contributed by atoms with Crippen LogP contribution in [0, 0.1) is 6.92 Å². The van der Waals surface area contributed by atoms with Gasteiger partial charge in [-0.05, 0) is 73.1 Å². The lowest BCUT2D eigenvalue weighted by Crippen LogP contribution is -2.15. The quantitative estimate of drug-likeness (QED) is 0.635. The molecule has 1 fully saturated rings. The molecule has 1 aliphatic rings. The van der Waals surface area contributed by atoms with Crippen LogP contribution in [0.3, 0.4) is 0 Å². The van der Waals surface area contributed by atoms with Crippen LogP contribution in [0.25, 0.3) is 0 Å². The molecular weight excluding hydrogens is 349 g/mol. The van der Waals surface area contributed by atoms with Gasteiger partial charge in [0.2, 0.25) is 6.86 Å². The molecule has 26 heavy (non-hydrogen) atoms. The summed E-state index contributed by atoms with van der Waals surface area (Å²) in [7, 11) is 0. The summed E-state index contributed by atoms with van der Waals surface area (Å²) in [5.74, 6) is 1.44. The molecule has 0 radical (unpaired) electrons. The molecule has 1 N–H and O–H groups in total. The first-order chi connectivity index (χ1) is 12.6. The van der Waals surface area contributed by atoms with E-state index in [1.54, 1.807) is 0 Å². The van der Waals surface area contributed by atoms with E-state index in [0.717, 1.165) is 29.0 Å². The van der Waals surface area contributed by atoms with E-state index in [1.165, 1.54) is 24.0 Å². The van der Waals surface area contributed by atoms with Crippen molar-refractivity contribution in [2.45, 2.75) is 45.6 Å². The Balaban J connectivity index is 1.82. The SMILES string of the molecule is CCc1ccc(OCc2c(NC(=S)OCF)cccc2C2CC2)c(C)c1. The van der Waals surface area contributed by atoms with Gasteiger partial charge in [-0.1, -0.05) is 31.2 Å². The maximum atomic E-state index is 12.4. The molecule has 0 bridgehead atoms. The third kappa shape index (κ3) is 4.52. The van der Waals surface area contributed by atoms with E-state index in [0.29, 0.717) is 12.5 Å². The molecule has 1 saturated carbocycles. The van der Waals surface area contributed by atoms with E-state index in [2.05, 4.69) is 37.4 Å². The van der Waals surface area contributed by atoms with Crippen molar-refractivity contribution >= 4 is 23.1 Å². The number of thiocarbonyl (C=S) groups is 1. The van der Waals surface area contributed by atoms with Crippen molar-refractivity contribution in [1.82, 2.24) is 0 Å². The van der Waals surface area contributed by atoms with Crippen molar-refractivity contribution in [2.75, 3.05) is 12.2 Å². The molecule has 0 aromatic heterocycles. The Hall–Kier alpha value is -2.14. The highest BCUT2D eigenvalue weighted by molar-refractivity contribution is 7.80. The van der Waals surface area contributed by atoms with Crippen LogP contribution in [0.15, 0.2) is 36.4 Å². The van der Waals surface area contributed by atoms with Crippen molar-refractivity contribution in [2.24, 2.45) is 0 Å². The zero-order valence-electron chi connectivity index (χ0n) is 15.2. The minimum atomic E-state index is -0.942. The number of rotatable bonds is 7. The average Bonchev–Trinajstić information content (AvgIpc) is 3.46. The fourth-order valence-corrected chi connectivity index (χ4v) is 3.25. The van der Waals surface area contributed by atoms with Gasteiger partial charge in [0.1, 0.15) is 12.4 Å². The number of anilines is 1. The van der Waals surface area contributed by atoms with Crippen molar-refractivity contribution in [1.29, 1.82) is 0 Å². The van der Waals surface area contributed by atoms with Gasteiger partial charge in [-0.2, -0.15) is 0 Å². The summed E-state index contributed by atoms with van der Waals surface area (Å²) in [4.78, 5) is 0. The lowest BCUT2D eigenvalue weighted by Gasteiger charge is -2.18. The Morgan fingerprint density at radius 3 is 2.73 bits per heavy atom. The molecule has 0 unspecified atom stereocenters. The van der Waals surface area contributed by atoms with E-state index in [4.69, 9.17) is 21.7 Å². The van der Waals surface area contributed by atoms with Crippen LogP contribution >= 0.6 is 12.2 Å². The van der Waals surface area contributed by atoms with Crippen LogP contribution in [0.2, 0.25) is 0 Å². The number of benzene rings is 2. The first-order valence-corrected chi connectivity index (χ1v) is 9.37. The molecule has 1 aliphatic carbocycles. The second kappa shape index (κ2) is 8.49. The topological polar surface area (TPSA) is 30.5 Å². The molecule has 138 valence electrons. The lowest BCUT2D eigenvalue weighted by atomic mass is 10.0. The molecule has 3 nitrogen and oxygen atoms in total. The summed E-state index contributed by atoms with van der Waals surface area (Å²) in [6, 6.07) is 12.3. The molecule has 2 aromatic carbocycles. The van der Waals surface area contributed by atoms with Crippen molar-refractivity contribution in [3.63, 3.8) is 0 Å². The maximum absolute atomic E-state index is 12.4. The lowest BCUT2D eigenvalue weighted by molar-refractivity contribution is 0.184.